The summed E-state index contributed by atoms with van der Waals surface area (Å²) >= 11 is 0. The second-order valence-corrected chi connectivity index (χ2v) is 5.25. The SMILES string of the molecule is CC(=O)O[C@H]([C@H](O)CO)[C@@](O)(C(C)=O)[C@@](O)(C(C)=O)C(=O)C(C)=O. The first-order valence-corrected chi connectivity index (χ1v) is 6.76. The van der Waals surface area contributed by atoms with Crippen LogP contribution in [0.5, 0.6) is 0 Å². The number of carbonyl (C=O) groups is 5. The van der Waals surface area contributed by atoms with Crippen LogP contribution < -0.4 is 0 Å². The third-order valence-electron chi connectivity index (χ3n) is 3.49. The Kier molecular flexibility index (Phi) is 7.06. The summed E-state index contributed by atoms with van der Waals surface area (Å²) in [5, 5.41) is 39.9. The molecule has 0 amide bonds. The fourth-order valence-corrected chi connectivity index (χ4v) is 2.23. The molecule has 0 saturated heterocycles. The second kappa shape index (κ2) is 7.71. The van der Waals surface area contributed by atoms with Crippen LogP contribution in [0.2, 0.25) is 0 Å². The predicted molar refractivity (Wildman–Crippen MR) is 75.6 cm³/mol. The van der Waals surface area contributed by atoms with Crippen molar-refractivity contribution in [2.75, 3.05) is 6.61 Å². The van der Waals surface area contributed by atoms with Crippen molar-refractivity contribution in [3.8, 4) is 0 Å². The third kappa shape index (κ3) is 3.56. The number of Topliss-reactive ketones (excluding diaryl/α,β-unsaturated/α-hetero) is 4. The van der Waals surface area contributed by atoms with E-state index in [1.807, 2.05) is 0 Å². The fourth-order valence-electron chi connectivity index (χ4n) is 2.23. The molecule has 0 aromatic rings. The number of aliphatic hydroxyl groups excluding tert-OH is 2. The first kappa shape index (κ1) is 22.0. The molecule has 0 aromatic carbocycles. The molecule has 0 aliphatic rings. The number of ketones is 4. The fraction of sp³-hybridized carbons (Fsp3) is 0.643. The van der Waals surface area contributed by atoms with Crippen LogP contribution in [0.25, 0.3) is 0 Å². The van der Waals surface area contributed by atoms with E-state index in [9.17, 15) is 39.3 Å². The van der Waals surface area contributed by atoms with Gasteiger partial charge in [0, 0.05) is 13.8 Å². The van der Waals surface area contributed by atoms with Gasteiger partial charge in [0.05, 0.1) is 6.61 Å². The Bertz CT molecular complexity index is 568. The maximum Gasteiger partial charge on any atom is 0.303 e. The van der Waals surface area contributed by atoms with E-state index in [1.165, 1.54) is 0 Å². The molecule has 0 aliphatic carbocycles. The Balaban J connectivity index is 6.69. The molecule has 4 N–H and O–H groups in total. The van der Waals surface area contributed by atoms with E-state index in [0.29, 0.717) is 20.8 Å². The topological polar surface area (TPSA) is 176 Å². The Labute approximate surface area is 137 Å². The van der Waals surface area contributed by atoms with E-state index in [-0.39, 0.29) is 0 Å². The summed E-state index contributed by atoms with van der Waals surface area (Å²) in [5.74, 6) is -7.31. The average molecular weight is 348 g/mol. The predicted octanol–water partition coefficient (Wildman–Crippen LogP) is -2.93. The summed E-state index contributed by atoms with van der Waals surface area (Å²) in [4.78, 5) is 58.4. The molecule has 0 heterocycles. The molecule has 24 heavy (non-hydrogen) atoms. The normalized spacial score (nSPS) is 18.5. The zero-order chi connectivity index (χ0) is 19.5. The Hall–Kier alpha value is -2.01. The molecule has 0 spiro atoms. The standard InChI is InChI=1S/C14H20O10/c1-6(16)11(21)13(22,7(2)17)14(23,8(3)18)12(10(20)5-15)24-9(4)19/h10,12,15,20,22-23H,5H2,1-4H3/t10-,12-,13-,14+/m1/s1. The number of hydrogen-bond donors (Lipinski definition) is 4. The Morgan fingerprint density at radius 3 is 1.67 bits per heavy atom. The van der Waals surface area contributed by atoms with E-state index < -0.39 is 59.1 Å². The number of ether oxygens (including phenoxy) is 1. The van der Waals surface area contributed by atoms with E-state index >= 15 is 0 Å². The number of esters is 1. The van der Waals surface area contributed by atoms with Crippen LogP contribution in [0.3, 0.4) is 0 Å². The van der Waals surface area contributed by atoms with Gasteiger partial charge in [-0.15, -0.1) is 0 Å². The average Bonchev–Trinajstić information content (AvgIpc) is 2.48. The van der Waals surface area contributed by atoms with Crippen LogP contribution in [0.4, 0.5) is 0 Å². The van der Waals surface area contributed by atoms with E-state index in [4.69, 9.17) is 5.11 Å². The molecule has 4 atom stereocenters. The molecule has 0 aliphatic heterocycles. The lowest BCUT2D eigenvalue weighted by atomic mass is 9.69. The highest BCUT2D eigenvalue weighted by Gasteiger charge is 2.68. The summed E-state index contributed by atoms with van der Waals surface area (Å²) in [6, 6.07) is 0. The van der Waals surface area contributed by atoms with Crippen molar-refractivity contribution < 1.29 is 49.1 Å². The largest absolute Gasteiger partial charge is 0.456 e. The van der Waals surface area contributed by atoms with Crippen LogP contribution in [-0.2, 0) is 28.7 Å². The lowest BCUT2D eigenvalue weighted by molar-refractivity contribution is -0.224. The molecule has 10 nitrogen and oxygen atoms in total. The van der Waals surface area contributed by atoms with Gasteiger partial charge in [0.2, 0.25) is 17.0 Å². The molecule has 0 bridgehead atoms. The van der Waals surface area contributed by atoms with Gasteiger partial charge < -0.3 is 25.2 Å². The Morgan fingerprint density at radius 2 is 1.42 bits per heavy atom. The zero-order valence-corrected chi connectivity index (χ0v) is 13.6. The first-order chi connectivity index (χ1) is 10.8. The lowest BCUT2D eigenvalue weighted by Crippen LogP contribution is -2.75. The van der Waals surface area contributed by atoms with Gasteiger partial charge in [0.1, 0.15) is 6.10 Å². The minimum atomic E-state index is -3.62. The van der Waals surface area contributed by atoms with Gasteiger partial charge in [-0.25, -0.2) is 0 Å². The van der Waals surface area contributed by atoms with Crippen molar-refractivity contribution >= 4 is 29.1 Å². The molecule has 136 valence electrons. The third-order valence-corrected chi connectivity index (χ3v) is 3.49. The quantitative estimate of drug-likeness (QED) is 0.192. The van der Waals surface area contributed by atoms with Crippen molar-refractivity contribution in [1.82, 2.24) is 0 Å². The lowest BCUT2D eigenvalue weighted by Gasteiger charge is -2.43. The highest BCUT2D eigenvalue weighted by Crippen LogP contribution is 2.33. The molecular formula is C14H20O10. The molecule has 0 radical (unpaired) electrons. The van der Waals surface area contributed by atoms with Crippen LogP contribution in [0.1, 0.15) is 27.7 Å². The van der Waals surface area contributed by atoms with Crippen molar-refractivity contribution in [1.29, 1.82) is 0 Å². The monoisotopic (exact) mass is 348 g/mol. The summed E-state index contributed by atoms with van der Waals surface area (Å²) < 4.78 is 4.56. The van der Waals surface area contributed by atoms with Crippen molar-refractivity contribution in [3.05, 3.63) is 0 Å². The zero-order valence-electron chi connectivity index (χ0n) is 13.6. The maximum atomic E-state index is 12.0. The molecule has 0 saturated carbocycles. The summed E-state index contributed by atoms with van der Waals surface area (Å²) in [5.41, 5.74) is -7.13. The minimum Gasteiger partial charge on any atom is -0.456 e. The van der Waals surface area contributed by atoms with Gasteiger partial charge >= 0.3 is 5.97 Å². The van der Waals surface area contributed by atoms with Gasteiger partial charge in [0.15, 0.2) is 23.5 Å². The summed E-state index contributed by atoms with van der Waals surface area (Å²) in [6.07, 6.45) is -4.54. The van der Waals surface area contributed by atoms with Crippen LogP contribution in [-0.4, -0.2) is 79.5 Å². The van der Waals surface area contributed by atoms with Gasteiger partial charge in [-0.3, -0.25) is 24.0 Å². The number of aliphatic hydroxyl groups is 4. The second-order valence-electron chi connectivity index (χ2n) is 5.25. The van der Waals surface area contributed by atoms with Gasteiger partial charge in [-0.2, -0.15) is 0 Å². The Morgan fingerprint density at radius 1 is 0.958 bits per heavy atom. The number of rotatable bonds is 9. The highest BCUT2D eigenvalue weighted by atomic mass is 16.6. The molecule has 0 rings (SSSR count). The summed E-state index contributed by atoms with van der Waals surface area (Å²) in [6.45, 7) is 1.60. The molecule has 0 aromatic heterocycles. The van der Waals surface area contributed by atoms with Crippen LogP contribution in [0.15, 0.2) is 0 Å². The van der Waals surface area contributed by atoms with Crippen LogP contribution in [0, 0.1) is 0 Å². The van der Waals surface area contributed by atoms with E-state index in [2.05, 4.69) is 4.74 Å². The molecule has 10 heteroatoms. The maximum absolute atomic E-state index is 12.0. The van der Waals surface area contributed by atoms with Crippen LogP contribution >= 0.6 is 0 Å². The van der Waals surface area contributed by atoms with Crippen molar-refractivity contribution in [2.24, 2.45) is 0 Å². The molecule has 0 fully saturated rings. The molecular weight excluding hydrogens is 328 g/mol. The highest BCUT2D eigenvalue weighted by molar-refractivity contribution is 6.45. The first-order valence-electron chi connectivity index (χ1n) is 6.76. The van der Waals surface area contributed by atoms with E-state index in [1.54, 1.807) is 0 Å². The van der Waals surface area contributed by atoms with Crippen molar-refractivity contribution in [3.63, 3.8) is 0 Å². The van der Waals surface area contributed by atoms with Gasteiger partial charge in [-0.05, 0) is 13.8 Å². The van der Waals surface area contributed by atoms with Gasteiger partial charge in [-0.1, -0.05) is 0 Å². The smallest absolute Gasteiger partial charge is 0.303 e. The minimum absolute atomic E-state index is 0.616. The number of carbonyl (C=O) groups excluding carboxylic acids is 5. The van der Waals surface area contributed by atoms with E-state index in [0.717, 1.165) is 6.92 Å². The van der Waals surface area contributed by atoms with Crippen molar-refractivity contribution in [2.45, 2.75) is 51.1 Å². The number of hydrogen-bond acceptors (Lipinski definition) is 10. The summed E-state index contributed by atoms with van der Waals surface area (Å²) in [7, 11) is 0. The van der Waals surface area contributed by atoms with Gasteiger partial charge in [0.25, 0.3) is 0 Å². The molecule has 0 unspecified atom stereocenters.